The number of hydrogen-bond acceptors (Lipinski definition) is 3. The summed E-state index contributed by atoms with van der Waals surface area (Å²) >= 11 is 0. The molecule has 0 unspecified atom stereocenters. The van der Waals surface area contributed by atoms with Crippen LogP contribution in [0.3, 0.4) is 0 Å². The van der Waals surface area contributed by atoms with Crippen molar-refractivity contribution in [2.24, 2.45) is 11.8 Å². The summed E-state index contributed by atoms with van der Waals surface area (Å²) in [4.78, 5) is 24.2. The van der Waals surface area contributed by atoms with Gasteiger partial charge in [0.15, 0.2) is 0 Å². The lowest BCUT2D eigenvalue weighted by Gasteiger charge is -2.19. The molecule has 1 amide bonds. The summed E-state index contributed by atoms with van der Waals surface area (Å²) in [6, 6.07) is 18.7. The van der Waals surface area contributed by atoms with E-state index >= 15 is 0 Å². The Kier molecular flexibility index (Phi) is 4.42. The largest absolute Gasteiger partial charge is 0.469 e. The third kappa shape index (κ3) is 3.42. The Bertz CT molecular complexity index is 684. The van der Waals surface area contributed by atoms with Crippen LogP contribution in [0.5, 0.6) is 0 Å². The smallest absolute Gasteiger partial charge is 0.309 e. The average Bonchev–Trinajstić information content (AvgIpc) is 3.40. The predicted molar refractivity (Wildman–Crippen MR) is 86.7 cm³/mol. The van der Waals surface area contributed by atoms with Crippen LogP contribution in [0.4, 0.5) is 0 Å². The van der Waals surface area contributed by atoms with E-state index in [1.54, 1.807) is 12.1 Å². The maximum Gasteiger partial charge on any atom is 0.309 e. The van der Waals surface area contributed by atoms with E-state index in [1.807, 2.05) is 48.5 Å². The first-order valence-electron chi connectivity index (χ1n) is 7.69. The summed E-state index contributed by atoms with van der Waals surface area (Å²) in [7, 11) is 1.40. The van der Waals surface area contributed by atoms with E-state index in [0.29, 0.717) is 5.56 Å². The van der Waals surface area contributed by atoms with E-state index in [0.717, 1.165) is 12.0 Å². The molecule has 0 saturated heterocycles. The van der Waals surface area contributed by atoms with Gasteiger partial charge in [-0.25, -0.2) is 0 Å². The van der Waals surface area contributed by atoms with Crippen LogP contribution in [0, 0.1) is 11.8 Å². The molecule has 0 aromatic heterocycles. The number of amides is 1. The first-order chi connectivity index (χ1) is 11.2. The first kappa shape index (κ1) is 15.3. The summed E-state index contributed by atoms with van der Waals surface area (Å²) < 4.78 is 4.83. The van der Waals surface area contributed by atoms with Crippen molar-refractivity contribution in [1.29, 1.82) is 0 Å². The summed E-state index contributed by atoms with van der Waals surface area (Å²) in [6.45, 7) is 0. The van der Waals surface area contributed by atoms with Crippen LogP contribution in [0.1, 0.15) is 28.4 Å². The van der Waals surface area contributed by atoms with Gasteiger partial charge in [-0.05, 0) is 30.0 Å². The van der Waals surface area contributed by atoms with Crippen molar-refractivity contribution >= 4 is 11.9 Å². The number of methoxy groups -OCH3 is 1. The molecular formula is C19H19NO3. The van der Waals surface area contributed by atoms with Crippen molar-refractivity contribution < 1.29 is 14.3 Å². The second kappa shape index (κ2) is 6.65. The predicted octanol–water partition coefficient (Wildman–Crippen LogP) is 2.97. The molecule has 0 heterocycles. The third-order valence-corrected chi connectivity index (χ3v) is 4.25. The minimum Gasteiger partial charge on any atom is -0.469 e. The number of carbonyl (C=O) groups excluding carboxylic acids is 2. The number of carbonyl (C=O) groups is 2. The maximum atomic E-state index is 12.5. The molecule has 4 nitrogen and oxygen atoms in total. The van der Waals surface area contributed by atoms with Gasteiger partial charge in [0.25, 0.3) is 5.91 Å². The zero-order chi connectivity index (χ0) is 16.2. The molecular weight excluding hydrogens is 290 g/mol. The van der Waals surface area contributed by atoms with Crippen LogP contribution in [-0.4, -0.2) is 19.0 Å². The van der Waals surface area contributed by atoms with E-state index < -0.39 is 0 Å². The van der Waals surface area contributed by atoms with Gasteiger partial charge in [-0.2, -0.15) is 0 Å². The van der Waals surface area contributed by atoms with Gasteiger partial charge in [0, 0.05) is 5.56 Å². The van der Waals surface area contributed by atoms with Gasteiger partial charge in [-0.1, -0.05) is 48.5 Å². The number of rotatable bonds is 5. The number of esters is 1. The van der Waals surface area contributed by atoms with Crippen LogP contribution >= 0.6 is 0 Å². The van der Waals surface area contributed by atoms with Crippen molar-refractivity contribution in [3.8, 4) is 0 Å². The van der Waals surface area contributed by atoms with Gasteiger partial charge in [0.05, 0.1) is 19.1 Å². The molecule has 1 fully saturated rings. The van der Waals surface area contributed by atoms with Gasteiger partial charge in [-0.3, -0.25) is 9.59 Å². The molecule has 1 N–H and O–H groups in total. The summed E-state index contributed by atoms with van der Waals surface area (Å²) in [5, 5.41) is 3.07. The molecule has 23 heavy (non-hydrogen) atoms. The Morgan fingerprint density at radius 2 is 1.65 bits per heavy atom. The maximum absolute atomic E-state index is 12.5. The van der Waals surface area contributed by atoms with Gasteiger partial charge >= 0.3 is 5.97 Å². The van der Waals surface area contributed by atoms with E-state index in [1.165, 1.54) is 7.11 Å². The second-order valence-corrected chi connectivity index (χ2v) is 5.76. The van der Waals surface area contributed by atoms with Crippen molar-refractivity contribution in [3.63, 3.8) is 0 Å². The molecule has 2 aromatic carbocycles. The summed E-state index contributed by atoms with van der Waals surface area (Å²) in [5.41, 5.74) is 1.62. The Balaban J connectivity index is 1.80. The lowest BCUT2D eigenvalue weighted by Crippen LogP contribution is -2.30. The average molecular weight is 309 g/mol. The molecule has 0 radical (unpaired) electrons. The molecule has 3 rings (SSSR count). The number of ether oxygens (including phenoxy) is 1. The highest BCUT2D eigenvalue weighted by atomic mass is 16.5. The van der Waals surface area contributed by atoms with Gasteiger partial charge < -0.3 is 10.1 Å². The van der Waals surface area contributed by atoms with Crippen LogP contribution < -0.4 is 5.32 Å². The third-order valence-electron chi connectivity index (χ3n) is 4.25. The Hall–Kier alpha value is -2.62. The first-order valence-corrected chi connectivity index (χ1v) is 7.69. The van der Waals surface area contributed by atoms with Crippen LogP contribution in [0.25, 0.3) is 0 Å². The van der Waals surface area contributed by atoms with Crippen molar-refractivity contribution in [3.05, 3.63) is 71.8 Å². The van der Waals surface area contributed by atoms with Crippen molar-refractivity contribution in [2.45, 2.75) is 12.5 Å². The van der Waals surface area contributed by atoms with Gasteiger partial charge in [0.1, 0.15) is 0 Å². The van der Waals surface area contributed by atoms with E-state index in [2.05, 4.69) is 5.32 Å². The zero-order valence-electron chi connectivity index (χ0n) is 12.9. The minimum atomic E-state index is -0.204. The standard InChI is InChI=1S/C19H19NO3/c1-23-19(22)16-12-15(16)17(13-8-4-2-5-9-13)20-18(21)14-10-6-3-7-11-14/h2-11,15-17H,12H2,1H3,(H,20,21)/t15-,16+,17-/m0/s1. The van der Waals surface area contributed by atoms with Crippen LogP contribution in [0.2, 0.25) is 0 Å². The number of benzene rings is 2. The Morgan fingerprint density at radius 3 is 2.26 bits per heavy atom. The molecule has 1 aliphatic rings. The fourth-order valence-corrected chi connectivity index (χ4v) is 2.92. The van der Waals surface area contributed by atoms with Gasteiger partial charge in [0.2, 0.25) is 0 Å². The minimum absolute atomic E-state index is 0.0810. The second-order valence-electron chi connectivity index (χ2n) is 5.76. The number of nitrogens with one attached hydrogen (secondary N) is 1. The molecule has 0 aliphatic heterocycles. The van der Waals surface area contributed by atoms with Gasteiger partial charge in [-0.15, -0.1) is 0 Å². The fraction of sp³-hybridized carbons (Fsp3) is 0.263. The normalized spacial score (nSPS) is 20.4. The number of hydrogen-bond donors (Lipinski definition) is 1. The van der Waals surface area contributed by atoms with Crippen LogP contribution in [-0.2, 0) is 9.53 Å². The Morgan fingerprint density at radius 1 is 1.04 bits per heavy atom. The zero-order valence-corrected chi connectivity index (χ0v) is 12.9. The van der Waals surface area contributed by atoms with Crippen LogP contribution in [0.15, 0.2) is 60.7 Å². The molecule has 0 spiro atoms. The monoisotopic (exact) mass is 309 g/mol. The lowest BCUT2D eigenvalue weighted by atomic mass is 10.0. The van der Waals surface area contributed by atoms with E-state index in [4.69, 9.17) is 4.74 Å². The van der Waals surface area contributed by atoms with E-state index in [9.17, 15) is 9.59 Å². The highest BCUT2D eigenvalue weighted by Gasteiger charge is 2.49. The molecule has 2 aromatic rings. The fourth-order valence-electron chi connectivity index (χ4n) is 2.92. The van der Waals surface area contributed by atoms with Crippen molar-refractivity contribution in [1.82, 2.24) is 5.32 Å². The van der Waals surface area contributed by atoms with E-state index in [-0.39, 0.29) is 29.8 Å². The molecule has 3 atom stereocenters. The molecule has 1 aliphatic carbocycles. The highest BCUT2D eigenvalue weighted by molar-refractivity contribution is 5.94. The summed E-state index contributed by atoms with van der Waals surface area (Å²) in [6.07, 6.45) is 0.737. The topological polar surface area (TPSA) is 55.4 Å². The molecule has 4 heteroatoms. The Labute approximate surface area is 135 Å². The quantitative estimate of drug-likeness (QED) is 0.864. The van der Waals surface area contributed by atoms with Crippen molar-refractivity contribution in [2.75, 3.05) is 7.11 Å². The summed E-state index contributed by atoms with van der Waals surface area (Å²) in [5.74, 6) is -0.390. The molecule has 1 saturated carbocycles. The molecule has 0 bridgehead atoms. The highest BCUT2D eigenvalue weighted by Crippen LogP contribution is 2.48. The molecule has 118 valence electrons. The SMILES string of the molecule is COC(=O)[C@@H]1C[C@@H]1[C@@H](NC(=O)c1ccccc1)c1ccccc1. The lowest BCUT2D eigenvalue weighted by molar-refractivity contribution is -0.142.